The van der Waals surface area contributed by atoms with Crippen LogP contribution in [0, 0.1) is 5.82 Å². The third-order valence-electron chi connectivity index (χ3n) is 5.50. The minimum Gasteiger partial charge on any atom is -0.303 e. The van der Waals surface area contributed by atoms with E-state index in [1.54, 1.807) is 30.3 Å². The van der Waals surface area contributed by atoms with Crippen molar-refractivity contribution >= 4 is 27.5 Å². The zero-order valence-electron chi connectivity index (χ0n) is 16.2. The zero-order chi connectivity index (χ0) is 21.3. The number of hydrogen-bond donors (Lipinski definition) is 1. The second kappa shape index (κ2) is 8.25. The molecule has 2 aromatic rings. The molecule has 0 spiro atoms. The van der Waals surface area contributed by atoms with Gasteiger partial charge < -0.3 is 5.32 Å². The Morgan fingerprint density at radius 2 is 1.57 bits per heavy atom. The number of carbonyl (C=O) groups excluding carboxylic acids is 2. The van der Waals surface area contributed by atoms with Crippen molar-refractivity contribution in [2.45, 2.75) is 36.2 Å². The van der Waals surface area contributed by atoms with Crippen molar-refractivity contribution in [1.29, 1.82) is 0 Å². The minimum atomic E-state index is -3.53. The molecule has 7 nitrogen and oxygen atoms in total. The summed E-state index contributed by atoms with van der Waals surface area (Å²) in [7, 11) is -3.53. The maximum absolute atomic E-state index is 13.1. The number of nitrogens with one attached hydrogen (secondary N) is 1. The molecule has 0 radical (unpaired) electrons. The average molecular weight is 431 g/mol. The minimum absolute atomic E-state index is 0.0265. The Morgan fingerprint density at radius 1 is 0.933 bits per heavy atom. The van der Waals surface area contributed by atoms with E-state index in [-0.39, 0.29) is 29.2 Å². The van der Waals surface area contributed by atoms with Gasteiger partial charge in [-0.25, -0.2) is 17.7 Å². The van der Waals surface area contributed by atoms with Gasteiger partial charge in [-0.1, -0.05) is 18.2 Å². The maximum Gasteiger partial charge on any atom is 0.251 e. The fraction of sp³-hybridized carbons (Fsp3) is 0.333. The largest absolute Gasteiger partial charge is 0.303 e. The van der Waals surface area contributed by atoms with Crippen LogP contribution in [0.2, 0.25) is 0 Å². The molecule has 1 atom stereocenters. The maximum atomic E-state index is 13.1. The molecule has 0 aliphatic carbocycles. The second-order valence-electron chi connectivity index (χ2n) is 7.46. The first-order valence-corrected chi connectivity index (χ1v) is 11.2. The predicted molar refractivity (Wildman–Crippen MR) is 109 cm³/mol. The van der Waals surface area contributed by atoms with E-state index in [0.29, 0.717) is 31.6 Å². The number of hydrogen-bond acceptors (Lipinski definition) is 5. The van der Waals surface area contributed by atoms with E-state index in [4.69, 9.17) is 0 Å². The number of piperidine rings is 1. The fourth-order valence-electron chi connectivity index (χ4n) is 3.91. The van der Waals surface area contributed by atoms with Crippen molar-refractivity contribution in [2.75, 3.05) is 18.0 Å². The van der Waals surface area contributed by atoms with Gasteiger partial charge in [-0.3, -0.25) is 9.59 Å². The molecule has 1 N–H and O–H groups in total. The number of sulfonamides is 1. The van der Waals surface area contributed by atoms with E-state index in [0.717, 1.165) is 4.90 Å². The molecular formula is C21H22FN3O4S. The lowest BCUT2D eigenvalue weighted by Crippen LogP contribution is -2.49. The highest BCUT2D eigenvalue weighted by atomic mass is 32.2. The number of imide groups is 1. The Morgan fingerprint density at radius 3 is 2.20 bits per heavy atom. The summed E-state index contributed by atoms with van der Waals surface area (Å²) in [6.45, 7) is 0.677. The molecule has 9 heteroatoms. The number of amides is 2. The van der Waals surface area contributed by atoms with E-state index in [9.17, 15) is 22.4 Å². The van der Waals surface area contributed by atoms with Crippen LogP contribution in [0.15, 0.2) is 59.5 Å². The molecule has 2 aliphatic heterocycles. The normalized spacial score (nSPS) is 21.4. The molecule has 2 heterocycles. The quantitative estimate of drug-likeness (QED) is 0.731. The lowest BCUT2D eigenvalue weighted by Gasteiger charge is -2.32. The van der Waals surface area contributed by atoms with Gasteiger partial charge in [0, 0.05) is 19.1 Å². The molecule has 0 unspecified atom stereocenters. The standard InChI is InChI=1S/C21H22FN3O4S/c22-15-6-8-17(9-7-15)25-20(26)14-19(21(25)27)23-16-10-12-24(13-11-16)30(28,29)18-4-2-1-3-5-18/h1-9,16,19,23H,10-14H2/t19-/m0/s1. The molecule has 0 saturated carbocycles. The van der Waals surface area contributed by atoms with E-state index in [2.05, 4.69) is 5.32 Å². The highest BCUT2D eigenvalue weighted by Crippen LogP contribution is 2.25. The molecule has 158 valence electrons. The van der Waals surface area contributed by atoms with Gasteiger partial charge in [0.2, 0.25) is 15.9 Å². The van der Waals surface area contributed by atoms with Gasteiger partial charge in [-0.2, -0.15) is 4.31 Å². The first kappa shape index (κ1) is 20.6. The van der Waals surface area contributed by atoms with Crippen LogP contribution in [-0.4, -0.2) is 49.7 Å². The van der Waals surface area contributed by atoms with E-state index in [1.165, 1.54) is 28.6 Å². The summed E-state index contributed by atoms with van der Waals surface area (Å²) in [4.78, 5) is 26.4. The molecule has 30 heavy (non-hydrogen) atoms. The number of carbonyl (C=O) groups is 2. The summed E-state index contributed by atoms with van der Waals surface area (Å²) in [6.07, 6.45) is 1.11. The van der Waals surface area contributed by atoms with Gasteiger partial charge in [-0.05, 0) is 49.2 Å². The van der Waals surface area contributed by atoms with Crippen molar-refractivity contribution in [3.8, 4) is 0 Å². The first-order chi connectivity index (χ1) is 14.4. The summed E-state index contributed by atoms with van der Waals surface area (Å²) in [5, 5.41) is 3.21. The molecule has 0 aromatic heterocycles. The summed E-state index contributed by atoms with van der Waals surface area (Å²) in [5.41, 5.74) is 0.347. The molecule has 4 rings (SSSR count). The van der Waals surface area contributed by atoms with Gasteiger partial charge in [0.05, 0.1) is 23.0 Å². The molecule has 2 amide bonds. The third-order valence-corrected chi connectivity index (χ3v) is 7.42. The van der Waals surface area contributed by atoms with Crippen molar-refractivity contribution < 1.29 is 22.4 Å². The molecule has 2 saturated heterocycles. The Bertz CT molecular complexity index is 1040. The van der Waals surface area contributed by atoms with E-state index >= 15 is 0 Å². The van der Waals surface area contributed by atoms with Gasteiger partial charge >= 0.3 is 0 Å². The van der Waals surface area contributed by atoms with Crippen LogP contribution >= 0.6 is 0 Å². The highest BCUT2D eigenvalue weighted by Gasteiger charge is 2.41. The van der Waals surface area contributed by atoms with Gasteiger partial charge in [0.25, 0.3) is 5.91 Å². The molecule has 2 fully saturated rings. The SMILES string of the molecule is O=C1C[C@H](NC2CCN(S(=O)(=O)c3ccccc3)CC2)C(=O)N1c1ccc(F)cc1. The highest BCUT2D eigenvalue weighted by molar-refractivity contribution is 7.89. The van der Waals surface area contributed by atoms with Gasteiger partial charge in [0.1, 0.15) is 5.82 Å². The van der Waals surface area contributed by atoms with Crippen molar-refractivity contribution in [3.05, 3.63) is 60.4 Å². The predicted octanol–water partition coefficient (Wildman–Crippen LogP) is 1.90. The Balaban J connectivity index is 1.37. The van der Waals surface area contributed by atoms with Crippen molar-refractivity contribution in [3.63, 3.8) is 0 Å². The van der Waals surface area contributed by atoms with Crippen LogP contribution in [0.4, 0.5) is 10.1 Å². The summed E-state index contributed by atoms with van der Waals surface area (Å²) in [5.74, 6) is -1.15. The van der Waals surface area contributed by atoms with Crippen LogP contribution in [0.3, 0.4) is 0 Å². The van der Waals surface area contributed by atoms with Gasteiger partial charge in [-0.15, -0.1) is 0 Å². The number of anilines is 1. The summed E-state index contributed by atoms with van der Waals surface area (Å²) in [6, 6.07) is 12.8. The van der Waals surface area contributed by atoms with Crippen LogP contribution in [0.5, 0.6) is 0 Å². The fourth-order valence-corrected chi connectivity index (χ4v) is 5.40. The Labute approximate surface area is 174 Å². The summed E-state index contributed by atoms with van der Waals surface area (Å²) < 4.78 is 40.0. The van der Waals surface area contributed by atoms with Gasteiger partial charge in [0.15, 0.2) is 0 Å². The second-order valence-corrected chi connectivity index (χ2v) is 9.40. The van der Waals surface area contributed by atoms with E-state index in [1.807, 2.05) is 0 Å². The number of benzene rings is 2. The topological polar surface area (TPSA) is 86.8 Å². The molecule has 2 aromatic carbocycles. The molecular weight excluding hydrogens is 409 g/mol. The number of halogens is 1. The molecule has 0 bridgehead atoms. The van der Waals surface area contributed by atoms with E-state index < -0.39 is 21.9 Å². The third kappa shape index (κ3) is 4.00. The zero-order valence-corrected chi connectivity index (χ0v) is 17.0. The average Bonchev–Trinajstić information content (AvgIpc) is 3.03. The van der Waals surface area contributed by atoms with Crippen LogP contribution in [-0.2, 0) is 19.6 Å². The van der Waals surface area contributed by atoms with Crippen LogP contribution < -0.4 is 10.2 Å². The first-order valence-electron chi connectivity index (χ1n) is 9.80. The smallest absolute Gasteiger partial charge is 0.251 e. The Kier molecular flexibility index (Phi) is 5.68. The number of rotatable bonds is 5. The van der Waals surface area contributed by atoms with Crippen molar-refractivity contribution in [1.82, 2.24) is 9.62 Å². The van der Waals surface area contributed by atoms with Crippen LogP contribution in [0.25, 0.3) is 0 Å². The number of nitrogens with zero attached hydrogens (tertiary/aromatic N) is 2. The lowest BCUT2D eigenvalue weighted by atomic mass is 10.1. The molecule has 2 aliphatic rings. The summed E-state index contributed by atoms with van der Waals surface area (Å²) >= 11 is 0. The van der Waals surface area contributed by atoms with Crippen LogP contribution in [0.1, 0.15) is 19.3 Å². The van der Waals surface area contributed by atoms with Crippen molar-refractivity contribution in [2.24, 2.45) is 0 Å². The monoisotopic (exact) mass is 431 g/mol. The Hall–Kier alpha value is -2.62. The lowest BCUT2D eigenvalue weighted by molar-refractivity contribution is -0.121.